The monoisotopic (exact) mass is 197 g/mol. The number of aliphatic hydroxyl groups excluding tert-OH is 1. The van der Waals surface area contributed by atoms with Crippen molar-refractivity contribution in [2.45, 2.75) is 26.4 Å². The molecule has 1 aromatic rings. The quantitative estimate of drug-likeness (QED) is 0.724. The van der Waals surface area contributed by atoms with Gasteiger partial charge in [0.05, 0.1) is 12.8 Å². The molecule has 4 heteroatoms. The molecule has 0 aliphatic rings. The summed E-state index contributed by atoms with van der Waals surface area (Å²) in [5, 5.41) is 16.5. The summed E-state index contributed by atoms with van der Waals surface area (Å²) in [4.78, 5) is 0. The molecule has 4 nitrogen and oxygen atoms in total. The van der Waals surface area contributed by atoms with Gasteiger partial charge < -0.3 is 10.4 Å². The second-order valence-corrected chi connectivity index (χ2v) is 3.94. The summed E-state index contributed by atoms with van der Waals surface area (Å²) < 4.78 is 1.78. The smallest absolute Gasteiger partial charge is 0.0587 e. The first kappa shape index (κ1) is 11.2. The second-order valence-electron chi connectivity index (χ2n) is 3.94. The van der Waals surface area contributed by atoms with Gasteiger partial charge in [0.25, 0.3) is 0 Å². The van der Waals surface area contributed by atoms with Gasteiger partial charge in [-0.2, -0.15) is 5.10 Å². The van der Waals surface area contributed by atoms with Crippen molar-refractivity contribution in [3.63, 3.8) is 0 Å². The van der Waals surface area contributed by atoms with E-state index >= 15 is 0 Å². The predicted molar refractivity (Wildman–Crippen MR) is 55.8 cm³/mol. The Kier molecular flexibility index (Phi) is 4.10. The first-order chi connectivity index (χ1) is 6.63. The van der Waals surface area contributed by atoms with Crippen LogP contribution in [0.1, 0.15) is 19.4 Å². The summed E-state index contributed by atoms with van der Waals surface area (Å²) in [5.41, 5.74) is 1.15. The van der Waals surface area contributed by atoms with Crippen LogP contribution in [0.25, 0.3) is 0 Å². The van der Waals surface area contributed by atoms with Crippen molar-refractivity contribution >= 4 is 0 Å². The third kappa shape index (κ3) is 3.12. The summed E-state index contributed by atoms with van der Waals surface area (Å²) >= 11 is 0. The van der Waals surface area contributed by atoms with Crippen LogP contribution < -0.4 is 5.32 Å². The van der Waals surface area contributed by atoms with Gasteiger partial charge in [-0.1, -0.05) is 13.8 Å². The van der Waals surface area contributed by atoms with Gasteiger partial charge >= 0.3 is 0 Å². The first-order valence-corrected chi connectivity index (χ1v) is 4.95. The Labute approximate surface area is 84.9 Å². The van der Waals surface area contributed by atoms with Crippen molar-refractivity contribution in [1.29, 1.82) is 0 Å². The van der Waals surface area contributed by atoms with Crippen molar-refractivity contribution in [2.24, 2.45) is 13.0 Å². The molecule has 14 heavy (non-hydrogen) atoms. The number of hydrogen-bond donors (Lipinski definition) is 2. The van der Waals surface area contributed by atoms with Crippen molar-refractivity contribution in [3.8, 4) is 0 Å². The Morgan fingerprint density at radius 1 is 1.57 bits per heavy atom. The Morgan fingerprint density at radius 2 is 2.29 bits per heavy atom. The Hall–Kier alpha value is -0.870. The maximum absolute atomic E-state index is 9.10. The average molecular weight is 197 g/mol. The molecule has 0 radical (unpaired) electrons. The van der Waals surface area contributed by atoms with E-state index in [1.807, 2.05) is 19.4 Å². The largest absolute Gasteiger partial charge is 0.395 e. The zero-order valence-corrected chi connectivity index (χ0v) is 9.07. The Bertz CT molecular complexity index is 270. The second kappa shape index (κ2) is 5.12. The van der Waals surface area contributed by atoms with Gasteiger partial charge in [-0.25, -0.2) is 0 Å². The fraction of sp³-hybridized carbons (Fsp3) is 0.700. The van der Waals surface area contributed by atoms with Crippen molar-refractivity contribution < 1.29 is 5.11 Å². The third-order valence-corrected chi connectivity index (χ3v) is 2.33. The van der Waals surface area contributed by atoms with Gasteiger partial charge in [-0.05, 0) is 5.92 Å². The highest BCUT2D eigenvalue weighted by molar-refractivity contribution is 5.03. The molecule has 0 saturated heterocycles. The van der Waals surface area contributed by atoms with Crippen LogP contribution in [0.4, 0.5) is 0 Å². The number of aryl methyl sites for hydroxylation is 1. The van der Waals surface area contributed by atoms with Crippen LogP contribution in [0.3, 0.4) is 0 Å². The van der Waals surface area contributed by atoms with Gasteiger partial charge in [0.15, 0.2) is 0 Å². The van der Waals surface area contributed by atoms with Crippen molar-refractivity contribution in [1.82, 2.24) is 15.1 Å². The van der Waals surface area contributed by atoms with Gasteiger partial charge in [-0.3, -0.25) is 4.68 Å². The molecular weight excluding hydrogens is 178 g/mol. The van der Waals surface area contributed by atoms with E-state index in [4.69, 9.17) is 5.11 Å². The molecule has 0 aliphatic carbocycles. The molecule has 0 saturated carbocycles. The molecule has 0 amide bonds. The van der Waals surface area contributed by atoms with Crippen LogP contribution in [0.2, 0.25) is 0 Å². The molecule has 0 aromatic carbocycles. The van der Waals surface area contributed by atoms with Crippen LogP contribution in [0, 0.1) is 5.92 Å². The molecule has 80 valence electrons. The zero-order chi connectivity index (χ0) is 10.6. The van der Waals surface area contributed by atoms with E-state index < -0.39 is 0 Å². The van der Waals surface area contributed by atoms with E-state index in [9.17, 15) is 0 Å². The molecule has 1 aromatic heterocycles. The van der Waals surface area contributed by atoms with Crippen LogP contribution in [0.5, 0.6) is 0 Å². The Morgan fingerprint density at radius 3 is 2.71 bits per heavy atom. The minimum atomic E-state index is 0.162. The molecule has 2 N–H and O–H groups in total. The minimum Gasteiger partial charge on any atom is -0.395 e. The lowest BCUT2D eigenvalue weighted by Crippen LogP contribution is -2.36. The van der Waals surface area contributed by atoms with Gasteiger partial charge in [0.1, 0.15) is 0 Å². The third-order valence-electron chi connectivity index (χ3n) is 2.33. The summed E-state index contributed by atoms with van der Waals surface area (Å²) in [6.45, 7) is 5.13. The molecule has 1 atom stereocenters. The van der Waals surface area contributed by atoms with Gasteiger partial charge in [0, 0.05) is 31.4 Å². The summed E-state index contributed by atoms with van der Waals surface area (Å²) in [6, 6.07) is 0.162. The standard InChI is InChI=1S/C10H19N3O/c1-8(2)10(7-14)11-4-9-5-12-13(3)6-9/h5-6,8,10-11,14H,4,7H2,1-3H3/t10-/m1/s1. The fourth-order valence-corrected chi connectivity index (χ4v) is 1.32. The van der Waals surface area contributed by atoms with Crippen LogP contribution in [0.15, 0.2) is 12.4 Å². The number of aromatic nitrogens is 2. The van der Waals surface area contributed by atoms with Crippen molar-refractivity contribution in [3.05, 3.63) is 18.0 Å². The lowest BCUT2D eigenvalue weighted by atomic mass is 10.1. The maximum Gasteiger partial charge on any atom is 0.0587 e. The highest BCUT2D eigenvalue weighted by Crippen LogP contribution is 2.02. The molecule has 0 spiro atoms. The van der Waals surface area contributed by atoms with Gasteiger partial charge in [-0.15, -0.1) is 0 Å². The maximum atomic E-state index is 9.10. The van der Waals surface area contributed by atoms with E-state index in [1.54, 1.807) is 4.68 Å². The molecule has 1 rings (SSSR count). The topological polar surface area (TPSA) is 50.1 Å². The minimum absolute atomic E-state index is 0.162. The van der Waals surface area contributed by atoms with E-state index in [-0.39, 0.29) is 12.6 Å². The normalized spacial score (nSPS) is 13.5. The van der Waals surface area contributed by atoms with Crippen molar-refractivity contribution in [2.75, 3.05) is 6.61 Å². The first-order valence-electron chi connectivity index (χ1n) is 4.95. The van der Waals surface area contributed by atoms with E-state index in [0.29, 0.717) is 5.92 Å². The van der Waals surface area contributed by atoms with Crippen LogP contribution in [-0.2, 0) is 13.6 Å². The molecule has 0 unspecified atom stereocenters. The lowest BCUT2D eigenvalue weighted by Gasteiger charge is -2.19. The average Bonchev–Trinajstić information content (AvgIpc) is 2.52. The van der Waals surface area contributed by atoms with E-state index in [0.717, 1.165) is 12.1 Å². The fourth-order valence-electron chi connectivity index (χ4n) is 1.32. The number of nitrogens with one attached hydrogen (secondary N) is 1. The molecular formula is C10H19N3O. The number of aliphatic hydroxyl groups is 1. The van der Waals surface area contributed by atoms with E-state index in [2.05, 4.69) is 24.3 Å². The van der Waals surface area contributed by atoms with Crippen LogP contribution >= 0.6 is 0 Å². The summed E-state index contributed by atoms with van der Waals surface area (Å²) in [6.07, 6.45) is 3.81. The number of hydrogen-bond acceptors (Lipinski definition) is 3. The van der Waals surface area contributed by atoms with Gasteiger partial charge in [0.2, 0.25) is 0 Å². The number of nitrogens with zero attached hydrogens (tertiary/aromatic N) is 2. The van der Waals surface area contributed by atoms with Crippen LogP contribution in [-0.4, -0.2) is 27.5 Å². The highest BCUT2D eigenvalue weighted by atomic mass is 16.3. The summed E-state index contributed by atoms with van der Waals surface area (Å²) in [5.74, 6) is 0.441. The SMILES string of the molecule is CC(C)[C@@H](CO)NCc1cnn(C)c1. The molecule has 0 fully saturated rings. The molecule has 1 heterocycles. The summed E-state index contributed by atoms with van der Waals surface area (Å²) in [7, 11) is 1.90. The molecule has 0 aliphatic heterocycles. The Balaban J connectivity index is 2.39. The number of rotatable bonds is 5. The zero-order valence-electron chi connectivity index (χ0n) is 9.07. The van der Waals surface area contributed by atoms with E-state index in [1.165, 1.54) is 0 Å². The highest BCUT2D eigenvalue weighted by Gasteiger charge is 2.10. The predicted octanol–water partition coefficient (Wildman–Crippen LogP) is 0.527. The molecule has 0 bridgehead atoms. The lowest BCUT2D eigenvalue weighted by molar-refractivity contribution is 0.210.